The number of hydrogen-bond donors (Lipinski definition) is 2. The van der Waals surface area contributed by atoms with E-state index in [9.17, 15) is 4.79 Å². The van der Waals surface area contributed by atoms with Crippen LogP contribution in [0.3, 0.4) is 0 Å². The van der Waals surface area contributed by atoms with Crippen LogP contribution in [-0.2, 0) is 6.54 Å². The molecule has 0 spiro atoms. The Morgan fingerprint density at radius 3 is 3.00 bits per heavy atom. The number of carbonyl (C=O) groups excluding carboxylic acids is 1. The summed E-state index contributed by atoms with van der Waals surface area (Å²) in [5.41, 5.74) is 7.44. The molecule has 1 aliphatic rings. The molecule has 0 bridgehead atoms. The summed E-state index contributed by atoms with van der Waals surface area (Å²) in [7, 11) is 0. The predicted octanol–water partition coefficient (Wildman–Crippen LogP) is 0.821. The molecule has 5 nitrogen and oxygen atoms in total. The van der Waals surface area contributed by atoms with Gasteiger partial charge in [-0.2, -0.15) is 5.10 Å². The Labute approximate surface area is 101 Å². The first-order valence-corrected chi connectivity index (χ1v) is 6.22. The summed E-state index contributed by atoms with van der Waals surface area (Å²) in [4.78, 5) is 12.1. The van der Waals surface area contributed by atoms with Crippen molar-refractivity contribution < 1.29 is 4.79 Å². The fourth-order valence-corrected chi connectivity index (χ4v) is 2.38. The van der Waals surface area contributed by atoms with Crippen LogP contribution in [0, 0.1) is 6.92 Å². The lowest BCUT2D eigenvalue weighted by molar-refractivity contribution is 0.0924. The lowest BCUT2D eigenvalue weighted by atomic mass is 10.2. The highest BCUT2D eigenvalue weighted by Gasteiger charge is 2.26. The van der Waals surface area contributed by atoms with Gasteiger partial charge < -0.3 is 11.1 Å². The van der Waals surface area contributed by atoms with Gasteiger partial charge in [-0.3, -0.25) is 9.48 Å². The van der Waals surface area contributed by atoms with Crippen LogP contribution in [0.5, 0.6) is 0 Å². The van der Waals surface area contributed by atoms with Gasteiger partial charge in [0, 0.05) is 18.6 Å². The fraction of sp³-hybridized carbons (Fsp3) is 0.667. The maximum Gasteiger partial charge on any atom is 0.269 e. The number of carbonyl (C=O) groups is 1. The molecule has 1 fully saturated rings. The molecular formula is C12H20N4O. The maximum absolute atomic E-state index is 12.1. The minimum absolute atomic E-state index is 0.0604. The zero-order valence-corrected chi connectivity index (χ0v) is 10.4. The van der Waals surface area contributed by atoms with Gasteiger partial charge in [-0.25, -0.2) is 0 Å². The molecule has 2 unspecified atom stereocenters. The fourth-order valence-electron chi connectivity index (χ4n) is 2.38. The topological polar surface area (TPSA) is 72.9 Å². The van der Waals surface area contributed by atoms with E-state index in [0.29, 0.717) is 12.2 Å². The van der Waals surface area contributed by atoms with Crippen LogP contribution in [0.2, 0.25) is 0 Å². The smallest absolute Gasteiger partial charge is 0.269 e. The van der Waals surface area contributed by atoms with Gasteiger partial charge in [0.05, 0.1) is 5.69 Å². The molecule has 17 heavy (non-hydrogen) atoms. The maximum atomic E-state index is 12.1. The van der Waals surface area contributed by atoms with E-state index in [1.165, 1.54) is 0 Å². The Morgan fingerprint density at radius 2 is 2.41 bits per heavy atom. The first-order valence-electron chi connectivity index (χ1n) is 6.22. The summed E-state index contributed by atoms with van der Waals surface area (Å²) < 4.78 is 1.73. The molecule has 0 aliphatic heterocycles. The molecule has 0 radical (unpaired) electrons. The zero-order chi connectivity index (χ0) is 12.4. The lowest BCUT2D eigenvalue weighted by Crippen LogP contribution is -2.44. The van der Waals surface area contributed by atoms with Gasteiger partial charge in [0.25, 0.3) is 5.91 Å². The van der Waals surface area contributed by atoms with Crippen LogP contribution in [0.25, 0.3) is 0 Å². The number of nitrogens with one attached hydrogen (secondary N) is 1. The third-order valence-corrected chi connectivity index (χ3v) is 3.32. The van der Waals surface area contributed by atoms with Crippen molar-refractivity contribution in [3.05, 3.63) is 17.5 Å². The van der Waals surface area contributed by atoms with Gasteiger partial charge in [0.15, 0.2) is 0 Å². The average Bonchev–Trinajstić information content (AvgIpc) is 2.85. The van der Waals surface area contributed by atoms with Crippen LogP contribution < -0.4 is 11.1 Å². The Balaban J connectivity index is 2.08. The molecular weight excluding hydrogens is 216 g/mol. The molecule has 2 atom stereocenters. The number of nitrogens with zero attached hydrogens (tertiary/aromatic N) is 2. The van der Waals surface area contributed by atoms with E-state index in [1.807, 2.05) is 19.9 Å². The second-order valence-electron chi connectivity index (χ2n) is 4.66. The van der Waals surface area contributed by atoms with Gasteiger partial charge in [-0.05, 0) is 39.2 Å². The number of rotatable bonds is 3. The van der Waals surface area contributed by atoms with Crippen LogP contribution in [0.4, 0.5) is 0 Å². The van der Waals surface area contributed by atoms with Gasteiger partial charge >= 0.3 is 0 Å². The summed E-state index contributed by atoms with van der Waals surface area (Å²) in [6.07, 6.45) is 3.07. The molecule has 5 heteroatoms. The summed E-state index contributed by atoms with van der Waals surface area (Å²) in [5.74, 6) is -0.0604. The van der Waals surface area contributed by atoms with E-state index in [4.69, 9.17) is 5.73 Å². The molecule has 1 aromatic heterocycles. The summed E-state index contributed by atoms with van der Waals surface area (Å²) >= 11 is 0. The predicted molar refractivity (Wildman–Crippen MR) is 65.7 cm³/mol. The molecule has 1 heterocycles. The molecule has 1 aromatic rings. The molecule has 94 valence electrons. The Morgan fingerprint density at radius 1 is 1.65 bits per heavy atom. The minimum Gasteiger partial charge on any atom is -0.346 e. The highest BCUT2D eigenvalue weighted by atomic mass is 16.2. The van der Waals surface area contributed by atoms with E-state index in [0.717, 1.165) is 25.0 Å². The first kappa shape index (κ1) is 12.1. The van der Waals surface area contributed by atoms with E-state index >= 15 is 0 Å². The molecule has 1 amide bonds. The van der Waals surface area contributed by atoms with Crippen molar-refractivity contribution in [3.8, 4) is 0 Å². The lowest BCUT2D eigenvalue weighted by Gasteiger charge is -2.17. The van der Waals surface area contributed by atoms with Crippen LogP contribution in [-0.4, -0.2) is 27.8 Å². The van der Waals surface area contributed by atoms with Crippen molar-refractivity contribution in [1.82, 2.24) is 15.1 Å². The van der Waals surface area contributed by atoms with Crippen molar-refractivity contribution in [2.75, 3.05) is 0 Å². The highest BCUT2D eigenvalue weighted by Crippen LogP contribution is 2.17. The third kappa shape index (κ3) is 2.49. The second kappa shape index (κ2) is 4.87. The van der Waals surface area contributed by atoms with Crippen LogP contribution >= 0.6 is 0 Å². The Bertz CT molecular complexity index is 413. The van der Waals surface area contributed by atoms with Crippen molar-refractivity contribution in [2.45, 2.75) is 51.7 Å². The summed E-state index contributed by atoms with van der Waals surface area (Å²) in [5, 5.41) is 7.28. The molecule has 0 aromatic carbocycles. The van der Waals surface area contributed by atoms with E-state index < -0.39 is 0 Å². The Kier molecular flexibility index (Phi) is 3.47. The van der Waals surface area contributed by atoms with E-state index in [2.05, 4.69) is 10.4 Å². The van der Waals surface area contributed by atoms with Gasteiger partial charge in [0.2, 0.25) is 0 Å². The standard InChI is InChI=1S/C12H20N4O/c1-3-16-11(7-8(2)15-16)12(17)14-10-6-4-5-9(10)13/h7,9-10H,3-6,13H2,1-2H3,(H,14,17). The molecule has 3 N–H and O–H groups in total. The highest BCUT2D eigenvalue weighted by molar-refractivity contribution is 5.93. The molecule has 1 saturated carbocycles. The normalized spacial score (nSPS) is 23.9. The van der Waals surface area contributed by atoms with Crippen molar-refractivity contribution in [1.29, 1.82) is 0 Å². The van der Waals surface area contributed by atoms with Crippen molar-refractivity contribution >= 4 is 5.91 Å². The molecule has 2 rings (SSSR count). The molecule has 0 saturated heterocycles. The third-order valence-electron chi connectivity index (χ3n) is 3.32. The number of hydrogen-bond acceptors (Lipinski definition) is 3. The molecule has 1 aliphatic carbocycles. The average molecular weight is 236 g/mol. The van der Waals surface area contributed by atoms with Crippen LogP contribution in [0.15, 0.2) is 6.07 Å². The number of nitrogens with two attached hydrogens (primary N) is 1. The van der Waals surface area contributed by atoms with Gasteiger partial charge in [0.1, 0.15) is 5.69 Å². The quantitative estimate of drug-likeness (QED) is 0.816. The zero-order valence-electron chi connectivity index (χ0n) is 10.4. The monoisotopic (exact) mass is 236 g/mol. The summed E-state index contributed by atoms with van der Waals surface area (Å²) in [6, 6.07) is 2.03. The van der Waals surface area contributed by atoms with Crippen molar-refractivity contribution in [3.63, 3.8) is 0 Å². The van der Waals surface area contributed by atoms with E-state index in [1.54, 1.807) is 4.68 Å². The van der Waals surface area contributed by atoms with Crippen LogP contribution in [0.1, 0.15) is 42.4 Å². The Hall–Kier alpha value is -1.36. The number of aryl methyl sites for hydroxylation is 2. The number of amides is 1. The van der Waals surface area contributed by atoms with Crippen molar-refractivity contribution in [2.24, 2.45) is 5.73 Å². The number of aromatic nitrogens is 2. The van der Waals surface area contributed by atoms with Gasteiger partial charge in [-0.15, -0.1) is 0 Å². The van der Waals surface area contributed by atoms with Gasteiger partial charge in [-0.1, -0.05) is 0 Å². The SMILES string of the molecule is CCn1nc(C)cc1C(=O)NC1CCCC1N. The van der Waals surface area contributed by atoms with E-state index in [-0.39, 0.29) is 18.0 Å². The largest absolute Gasteiger partial charge is 0.346 e. The minimum atomic E-state index is -0.0604. The summed E-state index contributed by atoms with van der Waals surface area (Å²) in [6.45, 7) is 4.57. The first-order chi connectivity index (χ1) is 8.11. The second-order valence-corrected chi connectivity index (χ2v) is 4.66.